The summed E-state index contributed by atoms with van der Waals surface area (Å²) < 4.78 is 10.8. The van der Waals surface area contributed by atoms with Gasteiger partial charge in [-0.3, -0.25) is 10.1 Å². The van der Waals surface area contributed by atoms with Gasteiger partial charge in [-0.25, -0.2) is 4.98 Å². The largest absolute Gasteiger partial charge is 0.432 e. The van der Waals surface area contributed by atoms with Crippen LogP contribution in [0.1, 0.15) is 19.0 Å². The van der Waals surface area contributed by atoms with Gasteiger partial charge in [0, 0.05) is 23.9 Å². The number of ether oxygens (including phenoxy) is 2. The summed E-state index contributed by atoms with van der Waals surface area (Å²) in [6, 6.07) is 6.12. The molecule has 2 rings (SSSR count). The average Bonchev–Trinajstić information content (AvgIpc) is 2.56. The van der Waals surface area contributed by atoms with E-state index in [1.54, 1.807) is 26.2 Å². The molecule has 0 aliphatic rings. The highest BCUT2D eigenvalue weighted by Crippen LogP contribution is 2.39. The first kappa shape index (κ1) is 20.2. The molecule has 1 heterocycles. The van der Waals surface area contributed by atoms with Crippen molar-refractivity contribution in [2.75, 3.05) is 19.0 Å². The molecular formula is C17H19Cl2N3O4. The maximum absolute atomic E-state index is 11.7. The Balaban J connectivity index is 2.46. The minimum Gasteiger partial charge on any atom is -0.432 e. The predicted molar refractivity (Wildman–Crippen MR) is 102 cm³/mol. The van der Waals surface area contributed by atoms with Crippen LogP contribution in [0, 0.1) is 17.0 Å². The molecule has 9 heteroatoms. The standard InChI is InChI=1S/C17H19Cl2N3O4/c1-4-12(9-25-3)21-14-7-10(2)20-17(16(14)22(23)24)26-15-6-5-11(18)8-13(15)19/h5-8,12H,4,9H2,1-3H3,(H,20,21). The molecule has 140 valence electrons. The molecule has 1 N–H and O–H groups in total. The number of halogens is 2. The third-order valence-electron chi connectivity index (χ3n) is 3.59. The molecule has 1 atom stereocenters. The summed E-state index contributed by atoms with van der Waals surface area (Å²) >= 11 is 12.0. The van der Waals surface area contributed by atoms with Gasteiger partial charge in [0.2, 0.25) is 0 Å². The number of anilines is 1. The van der Waals surface area contributed by atoms with Crippen LogP contribution in [0.15, 0.2) is 24.3 Å². The number of nitrogens with zero attached hydrogens (tertiary/aromatic N) is 2. The van der Waals surface area contributed by atoms with Crippen molar-refractivity contribution in [2.24, 2.45) is 0 Å². The van der Waals surface area contributed by atoms with E-state index < -0.39 is 4.92 Å². The molecule has 2 aromatic rings. The Kier molecular flexibility index (Phi) is 7.02. The molecule has 0 fully saturated rings. The summed E-state index contributed by atoms with van der Waals surface area (Å²) in [6.45, 7) is 4.10. The van der Waals surface area contributed by atoms with Gasteiger partial charge in [-0.2, -0.15) is 0 Å². The third-order valence-corrected chi connectivity index (χ3v) is 4.12. The molecule has 0 amide bonds. The first-order chi connectivity index (χ1) is 12.3. The fraction of sp³-hybridized carbons (Fsp3) is 0.353. The van der Waals surface area contributed by atoms with Crippen LogP contribution in [0.2, 0.25) is 10.0 Å². The number of benzene rings is 1. The Morgan fingerprint density at radius 1 is 1.35 bits per heavy atom. The van der Waals surface area contributed by atoms with Crippen molar-refractivity contribution in [2.45, 2.75) is 26.3 Å². The highest BCUT2D eigenvalue weighted by atomic mass is 35.5. The van der Waals surface area contributed by atoms with Gasteiger partial charge in [0.25, 0.3) is 0 Å². The molecule has 0 saturated heterocycles. The molecule has 1 unspecified atom stereocenters. The van der Waals surface area contributed by atoms with Crippen LogP contribution < -0.4 is 10.1 Å². The summed E-state index contributed by atoms with van der Waals surface area (Å²) in [5, 5.41) is 15.5. The lowest BCUT2D eigenvalue weighted by atomic mass is 10.2. The smallest absolute Gasteiger partial charge is 0.354 e. The number of aromatic nitrogens is 1. The first-order valence-corrected chi connectivity index (χ1v) is 8.65. The number of nitro groups is 1. The van der Waals surface area contributed by atoms with Crippen molar-refractivity contribution < 1.29 is 14.4 Å². The second-order valence-electron chi connectivity index (χ2n) is 5.60. The second kappa shape index (κ2) is 9.02. The van der Waals surface area contributed by atoms with Crippen LogP contribution in [-0.2, 0) is 4.74 Å². The van der Waals surface area contributed by atoms with E-state index in [4.69, 9.17) is 32.7 Å². The van der Waals surface area contributed by atoms with E-state index >= 15 is 0 Å². The first-order valence-electron chi connectivity index (χ1n) is 7.90. The third kappa shape index (κ3) is 4.97. The Morgan fingerprint density at radius 3 is 2.65 bits per heavy atom. The molecule has 0 saturated carbocycles. The highest BCUT2D eigenvalue weighted by molar-refractivity contribution is 6.35. The second-order valence-corrected chi connectivity index (χ2v) is 6.45. The number of rotatable bonds is 8. The minimum atomic E-state index is -0.534. The lowest BCUT2D eigenvalue weighted by molar-refractivity contribution is -0.385. The molecule has 1 aromatic carbocycles. The SMILES string of the molecule is CCC(COC)Nc1cc(C)nc(Oc2ccc(Cl)cc2Cl)c1[N+](=O)[O-]. The number of nitrogens with one attached hydrogen (secondary N) is 1. The Hall–Kier alpha value is -2.09. The monoisotopic (exact) mass is 399 g/mol. The van der Waals surface area contributed by atoms with Crippen molar-refractivity contribution in [1.29, 1.82) is 0 Å². The molecule has 26 heavy (non-hydrogen) atoms. The molecule has 0 bridgehead atoms. The van der Waals surface area contributed by atoms with E-state index in [0.29, 0.717) is 23.0 Å². The van der Waals surface area contributed by atoms with Crippen LogP contribution in [0.5, 0.6) is 11.6 Å². The summed E-state index contributed by atoms with van der Waals surface area (Å²) in [4.78, 5) is 15.3. The van der Waals surface area contributed by atoms with Crippen molar-refractivity contribution in [3.8, 4) is 11.6 Å². The summed E-state index contributed by atoms with van der Waals surface area (Å²) in [7, 11) is 1.58. The number of aryl methyl sites for hydroxylation is 1. The fourth-order valence-electron chi connectivity index (χ4n) is 2.34. The Bertz CT molecular complexity index is 802. The van der Waals surface area contributed by atoms with Crippen molar-refractivity contribution in [3.63, 3.8) is 0 Å². The van der Waals surface area contributed by atoms with E-state index in [-0.39, 0.29) is 28.4 Å². The summed E-state index contributed by atoms with van der Waals surface area (Å²) in [6.07, 6.45) is 0.728. The van der Waals surface area contributed by atoms with Crippen LogP contribution in [-0.4, -0.2) is 29.7 Å². The Morgan fingerprint density at radius 2 is 2.08 bits per heavy atom. The summed E-state index contributed by atoms with van der Waals surface area (Å²) in [5.41, 5.74) is 0.605. The van der Waals surface area contributed by atoms with Gasteiger partial charge in [0.15, 0.2) is 0 Å². The van der Waals surface area contributed by atoms with Crippen LogP contribution >= 0.6 is 23.2 Å². The number of pyridine rings is 1. The normalized spacial score (nSPS) is 11.9. The van der Waals surface area contributed by atoms with Crippen LogP contribution in [0.25, 0.3) is 0 Å². The Labute approximate surface area is 161 Å². The van der Waals surface area contributed by atoms with Crippen molar-refractivity contribution in [1.82, 2.24) is 4.98 Å². The lowest BCUT2D eigenvalue weighted by Crippen LogP contribution is -2.24. The van der Waals surface area contributed by atoms with E-state index in [0.717, 1.165) is 6.42 Å². The molecule has 0 spiro atoms. The number of hydrogen-bond acceptors (Lipinski definition) is 6. The van der Waals surface area contributed by atoms with Crippen molar-refractivity contribution >= 4 is 34.6 Å². The van der Waals surface area contributed by atoms with Crippen LogP contribution in [0.3, 0.4) is 0 Å². The minimum absolute atomic E-state index is 0.0903. The molecule has 1 aromatic heterocycles. The van der Waals surface area contributed by atoms with Gasteiger partial charge in [-0.05, 0) is 37.6 Å². The zero-order valence-electron chi connectivity index (χ0n) is 14.6. The van der Waals surface area contributed by atoms with E-state index in [1.165, 1.54) is 12.1 Å². The molecule has 7 nitrogen and oxygen atoms in total. The van der Waals surface area contributed by atoms with Gasteiger partial charge in [-0.15, -0.1) is 0 Å². The van der Waals surface area contributed by atoms with Gasteiger partial charge in [0.05, 0.1) is 16.6 Å². The van der Waals surface area contributed by atoms with Crippen molar-refractivity contribution in [3.05, 3.63) is 50.1 Å². The molecular weight excluding hydrogens is 381 g/mol. The predicted octanol–water partition coefficient (Wildman–Crippen LogP) is 5.23. The zero-order valence-corrected chi connectivity index (χ0v) is 16.1. The van der Waals surface area contributed by atoms with E-state index in [2.05, 4.69) is 10.3 Å². The van der Waals surface area contributed by atoms with Crippen LogP contribution in [0.4, 0.5) is 11.4 Å². The van der Waals surface area contributed by atoms with Gasteiger partial charge in [-0.1, -0.05) is 30.1 Å². The maximum Gasteiger partial charge on any atom is 0.354 e. The quantitative estimate of drug-likeness (QED) is 0.482. The highest BCUT2D eigenvalue weighted by Gasteiger charge is 2.26. The molecule has 0 radical (unpaired) electrons. The zero-order chi connectivity index (χ0) is 19.3. The van der Waals surface area contributed by atoms with Gasteiger partial charge in [0.1, 0.15) is 11.4 Å². The molecule has 0 aliphatic heterocycles. The fourth-order valence-corrected chi connectivity index (χ4v) is 2.79. The number of methoxy groups -OCH3 is 1. The average molecular weight is 400 g/mol. The van der Waals surface area contributed by atoms with Gasteiger partial charge < -0.3 is 14.8 Å². The topological polar surface area (TPSA) is 86.5 Å². The van der Waals surface area contributed by atoms with E-state index in [9.17, 15) is 10.1 Å². The number of hydrogen-bond donors (Lipinski definition) is 1. The van der Waals surface area contributed by atoms with Gasteiger partial charge >= 0.3 is 11.6 Å². The lowest BCUT2D eigenvalue weighted by Gasteiger charge is -2.18. The molecule has 0 aliphatic carbocycles. The van der Waals surface area contributed by atoms with E-state index in [1.807, 2.05) is 6.92 Å². The maximum atomic E-state index is 11.7. The summed E-state index contributed by atoms with van der Waals surface area (Å²) in [5.74, 6) is 0.0844.